The Labute approximate surface area is 206 Å². The normalized spacial score (nSPS) is 14.1. The van der Waals surface area contributed by atoms with E-state index in [4.69, 9.17) is 0 Å². The van der Waals surface area contributed by atoms with Crippen LogP contribution in [0.25, 0.3) is 5.69 Å². The number of hydrogen-bond acceptors (Lipinski definition) is 5. The second kappa shape index (κ2) is 10.3. The van der Waals surface area contributed by atoms with Gasteiger partial charge in [0.05, 0.1) is 23.8 Å². The van der Waals surface area contributed by atoms with Crippen molar-refractivity contribution in [1.82, 2.24) is 15.1 Å². The van der Waals surface area contributed by atoms with Gasteiger partial charge in [-0.1, -0.05) is 63.2 Å². The summed E-state index contributed by atoms with van der Waals surface area (Å²) in [6.07, 6.45) is -0.254. The van der Waals surface area contributed by atoms with Crippen LogP contribution in [-0.2, 0) is 4.79 Å². The number of amides is 1. The fraction of sp³-hybridized carbons (Fsp3) is 0.370. The van der Waals surface area contributed by atoms with Crippen LogP contribution in [0.4, 0.5) is 5.82 Å². The maximum absolute atomic E-state index is 13.2. The highest BCUT2D eigenvalue weighted by atomic mass is 16.4. The number of carboxylic acids is 1. The molecule has 0 unspecified atom stereocenters. The molecule has 1 heterocycles. The van der Waals surface area contributed by atoms with Gasteiger partial charge in [-0.05, 0) is 42.5 Å². The molecule has 8 nitrogen and oxygen atoms in total. The molecule has 3 rings (SSSR count). The lowest BCUT2D eigenvalue weighted by molar-refractivity contribution is -0.137. The molecule has 0 bridgehead atoms. The molecule has 1 aromatic heterocycles. The number of anilines is 1. The number of carboxylic acid groups (broad SMARTS) is 1. The largest absolute Gasteiger partial charge is 0.481 e. The smallest absolute Gasteiger partial charge is 0.305 e. The summed E-state index contributed by atoms with van der Waals surface area (Å²) in [6.45, 7) is 9.74. The molecular weight excluding hydrogens is 444 g/mol. The first-order valence-corrected chi connectivity index (χ1v) is 11.6. The van der Waals surface area contributed by atoms with E-state index in [0.717, 1.165) is 16.8 Å². The monoisotopic (exact) mass is 478 g/mol. The number of benzene rings is 2. The van der Waals surface area contributed by atoms with Crippen LogP contribution in [0, 0.1) is 12.3 Å². The van der Waals surface area contributed by atoms with Crippen LogP contribution < -0.4 is 10.6 Å². The first-order valence-electron chi connectivity index (χ1n) is 11.6. The van der Waals surface area contributed by atoms with Crippen molar-refractivity contribution in [3.05, 3.63) is 77.5 Å². The summed E-state index contributed by atoms with van der Waals surface area (Å²) in [5.74, 6) is -0.962. The molecule has 0 aliphatic heterocycles. The molecule has 0 aliphatic carbocycles. The van der Waals surface area contributed by atoms with E-state index >= 15 is 0 Å². The molecule has 1 amide bonds. The van der Waals surface area contributed by atoms with E-state index in [9.17, 15) is 19.8 Å². The summed E-state index contributed by atoms with van der Waals surface area (Å²) in [4.78, 5) is 24.7. The van der Waals surface area contributed by atoms with Crippen LogP contribution in [0.3, 0.4) is 0 Å². The average molecular weight is 479 g/mol. The summed E-state index contributed by atoms with van der Waals surface area (Å²) >= 11 is 0. The van der Waals surface area contributed by atoms with Gasteiger partial charge in [0.1, 0.15) is 5.82 Å². The van der Waals surface area contributed by atoms with Gasteiger partial charge in [0.25, 0.3) is 5.91 Å². The van der Waals surface area contributed by atoms with E-state index in [0.29, 0.717) is 5.82 Å². The van der Waals surface area contributed by atoms with Crippen LogP contribution in [-0.4, -0.2) is 44.0 Å². The number of para-hydroxylation sites is 1. The Kier molecular flexibility index (Phi) is 7.65. The second-order valence-corrected chi connectivity index (χ2v) is 10.0. The van der Waals surface area contributed by atoms with Crippen molar-refractivity contribution >= 4 is 17.7 Å². The highest BCUT2D eigenvalue weighted by Gasteiger charge is 2.35. The van der Waals surface area contributed by atoms with Gasteiger partial charge in [-0.25, -0.2) is 4.68 Å². The van der Waals surface area contributed by atoms with Crippen molar-refractivity contribution in [2.24, 2.45) is 5.41 Å². The maximum atomic E-state index is 13.2. The van der Waals surface area contributed by atoms with Crippen molar-refractivity contribution in [3.63, 3.8) is 0 Å². The fourth-order valence-corrected chi connectivity index (χ4v) is 3.54. The molecule has 0 saturated carbocycles. The summed E-state index contributed by atoms with van der Waals surface area (Å²) < 4.78 is 1.60. The van der Waals surface area contributed by atoms with Crippen LogP contribution >= 0.6 is 0 Å². The number of nitrogens with one attached hydrogen (secondary N) is 2. The zero-order valence-electron chi connectivity index (χ0n) is 20.9. The minimum absolute atomic E-state index is 0.135. The SMILES string of the molecule is Cc1ccccc1[C@H](CC(=O)O)NC(=O)c1cc(NC[C@@](C)(O)C(C)(C)C)n(-c2ccccc2)n1. The molecule has 2 aromatic carbocycles. The predicted octanol–water partition coefficient (Wildman–Crippen LogP) is 4.34. The molecule has 35 heavy (non-hydrogen) atoms. The summed E-state index contributed by atoms with van der Waals surface area (Å²) in [7, 11) is 0. The van der Waals surface area contributed by atoms with E-state index in [1.54, 1.807) is 17.7 Å². The van der Waals surface area contributed by atoms with E-state index < -0.39 is 23.5 Å². The first kappa shape index (κ1) is 26.0. The number of carbonyl (C=O) groups is 2. The Morgan fingerprint density at radius 2 is 1.66 bits per heavy atom. The predicted molar refractivity (Wildman–Crippen MR) is 136 cm³/mol. The van der Waals surface area contributed by atoms with Crippen molar-refractivity contribution in [2.45, 2.75) is 52.7 Å². The van der Waals surface area contributed by atoms with Crippen LogP contribution in [0.1, 0.15) is 61.8 Å². The van der Waals surface area contributed by atoms with Gasteiger partial charge < -0.3 is 20.8 Å². The lowest BCUT2D eigenvalue weighted by Crippen LogP contribution is -2.45. The highest BCUT2D eigenvalue weighted by Crippen LogP contribution is 2.30. The lowest BCUT2D eigenvalue weighted by Gasteiger charge is -2.37. The molecule has 0 fully saturated rings. The molecule has 4 N–H and O–H groups in total. The standard InChI is InChI=1S/C27H34N4O4/c1-18-11-9-10-14-20(18)21(16-24(32)33)29-25(34)22-15-23(28-17-27(5,35)26(2,3)4)31(30-22)19-12-7-6-8-13-19/h6-15,21,28,35H,16-17H2,1-5H3,(H,29,34)(H,32,33)/t21-,27+/m0/s1. The van der Waals surface area contributed by atoms with Crippen LogP contribution in [0.15, 0.2) is 60.7 Å². The third-order valence-corrected chi connectivity index (χ3v) is 6.42. The molecule has 0 radical (unpaired) electrons. The van der Waals surface area contributed by atoms with Gasteiger partial charge in [0.2, 0.25) is 0 Å². The number of nitrogens with zero attached hydrogens (tertiary/aromatic N) is 2. The quantitative estimate of drug-likeness (QED) is 0.364. The maximum Gasteiger partial charge on any atom is 0.305 e. The molecule has 3 aromatic rings. The van der Waals surface area contributed by atoms with Crippen LogP contribution in [0.2, 0.25) is 0 Å². The van der Waals surface area contributed by atoms with Gasteiger partial charge in [0, 0.05) is 12.6 Å². The third-order valence-electron chi connectivity index (χ3n) is 6.42. The summed E-state index contributed by atoms with van der Waals surface area (Å²) in [5, 5.41) is 30.9. The zero-order valence-corrected chi connectivity index (χ0v) is 20.9. The lowest BCUT2D eigenvalue weighted by atomic mass is 9.78. The number of aryl methyl sites for hydroxylation is 1. The van der Waals surface area contributed by atoms with Crippen molar-refractivity contribution < 1.29 is 19.8 Å². The molecule has 186 valence electrons. The Bertz CT molecular complexity index is 1180. The van der Waals surface area contributed by atoms with Gasteiger partial charge in [-0.2, -0.15) is 5.10 Å². The molecule has 8 heteroatoms. The Morgan fingerprint density at radius 3 is 2.26 bits per heavy atom. The van der Waals surface area contributed by atoms with Gasteiger partial charge in [-0.15, -0.1) is 0 Å². The average Bonchev–Trinajstić information content (AvgIpc) is 3.22. The minimum Gasteiger partial charge on any atom is -0.481 e. The topological polar surface area (TPSA) is 116 Å². The highest BCUT2D eigenvalue weighted by molar-refractivity contribution is 5.93. The molecule has 2 atom stereocenters. The molecule has 0 saturated heterocycles. The van der Waals surface area contributed by atoms with E-state index in [-0.39, 0.29) is 24.1 Å². The summed E-state index contributed by atoms with van der Waals surface area (Å²) in [6, 6.07) is 17.6. The zero-order chi connectivity index (χ0) is 25.8. The van der Waals surface area contributed by atoms with Crippen LogP contribution in [0.5, 0.6) is 0 Å². The fourth-order valence-electron chi connectivity index (χ4n) is 3.54. The van der Waals surface area contributed by atoms with Gasteiger partial charge in [-0.3, -0.25) is 9.59 Å². The van der Waals surface area contributed by atoms with E-state index in [1.165, 1.54) is 0 Å². The Hall–Kier alpha value is -3.65. The molecule has 0 aliphatic rings. The summed E-state index contributed by atoms with van der Waals surface area (Å²) in [5.41, 5.74) is 1.10. The number of rotatable bonds is 9. The van der Waals surface area contributed by atoms with E-state index in [2.05, 4.69) is 15.7 Å². The molecule has 0 spiro atoms. The minimum atomic E-state index is -1.03. The third kappa shape index (κ3) is 6.27. The Morgan fingerprint density at radius 1 is 1.03 bits per heavy atom. The number of aromatic nitrogens is 2. The van der Waals surface area contributed by atoms with Gasteiger partial charge >= 0.3 is 5.97 Å². The van der Waals surface area contributed by atoms with Gasteiger partial charge in [0.15, 0.2) is 5.69 Å². The number of carbonyl (C=O) groups excluding carboxylic acids is 1. The number of aliphatic carboxylic acids is 1. The second-order valence-electron chi connectivity index (χ2n) is 10.0. The van der Waals surface area contributed by atoms with Crippen molar-refractivity contribution in [1.29, 1.82) is 0 Å². The van der Waals surface area contributed by atoms with E-state index in [1.807, 2.05) is 82.3 Å². The first-order chi connectivity index (χ1) is 16.4. The Balaban J connectivity index is 1.92. The number of hydrogen-bond donors (Lipinski definition) is 4. The number of aliphatic hydroxyl groups is 1. The van der Waals surface area contributed by atoms with Crippen molar-refractivity contribution in [2.75, 3.05) is 11.9 Å². The van der Waals surface area contributed by atoms with Crippen molar-refractivity contribution in [3.8, 4) is 5.69 Å². The molecular formula is C27H34N4O4.